The highest BCUT2D eigenvalue weighted by Gasteiger charge is 2.33. The maximum absolute atomic E-state index is 6.58. The molecule has 0 saturated heterocycles. The Labute approximate surface area is 114 Å². The van der Waals surface area contributed by atoms with Gasteiger partial charge in [-0.2, -0.15) is 0 Å². The van der Waals surface area contributed by atoms with Gasteiger partial charge >= 0.3 is 0 Å². The van der Waals surface area contributed by atoms with E-state index in [0.717, 1.165) is 35.4 Å². The van der Waals surface area contributed by atoms with Gasteiger partial charge in [0.05, 0.1) is 5.54 Å². The van der Waals surface area contributed by atoms with Crippen molar-refractivity contribution in [3.63, 3.8) is 0 Å². The molecule has 1 heterocycles. The molecule has 0 amide bonds. The van der Waals surface area contributed by atoms with E-state index in [4.69, 9.17) is 10.2 Å². The fourth-order valence-electron chi connectivity index (χ4n) is 3.16. The van der Waals surface area contributed by atoms with E-state index in [2.05, 4.69) is 31.0 Å². The minimum absolute atomic E-state index is 0.365. The van der Waals surface area contributed by atoms with E-state index in [1.54, 1.807) is 0 Å². The Morgan fingerprint density at radius 1 is 1.11 bits per heavy atom. The molecule has 102 valence electrons. The molecule has 0 spiro atoms. The van der Waals surface area contributed by atoms with Crippen LogP contribution in [0.15, 0.2) is 16.5 Å². The first-order valence-electron chi connectivity index (χ1n) is 7.26. The monoisotopic (exact) mass is 258 g/mol. The molecule has 19 heavy (non-hydrogen) atoms. The highest BCUT2D eigenvalue weighted by molar-refractivity contribution is 5.77. The molecular weight excluding hydrogens is 236 g/mol. The van der Waals surface area contributed by atoms with Crippen molar-refractivity contribution in [3.8, 4) is 0 Å². The van der Waals surface area contributed by atoms with Crippen molar-refractivity contribution in [3.05, 3.63) is 29.2 Å². The molecular formula is C16H22N2O. The van der Waals surface area contributed by atoms with Crippen LogP contribution in [0.4, 0.5) is 0 Å². The summed E-state index contributed by atoms with van der Waals surface area (Å²) in [7, 11) is 0. The van der Waals surface area contributed by atoms with E-state index in [-0.39, 0.29) is 5.54 Å². The zero-order valence-electron chi connectivity index (χ0n) is 11.8. The van der Waals surface area contributed by atoms with Crippen molar-refractivity contribution < 1.29 is 4.42 Å². The lowest BCUT2D eigenvalue weighted by molar-refractivity contribution is 0.301. The second kappa shape index (κ2) is 4.64. The molecule has 0 aliphatic heterocycles. The molecule has 1 aliphatic carbocycles. The SMILES string of the molecule is Cc1cc(C)c2oc(C3(N)CCCCCC3)nc2c1. The van der Waals surface area contributed by atoms with Crippen molar-refractivity contribution in [1.29, 1.82) is 0 Å². The summed E-state index contributed by atoms with van der Waals surface area (Å²) in [5, 5.41) is 0. The molecule has 2 aromatic rings. The Morgan fingerprint density at radius 3 is 2.47 bits per heavy atom. The first kappa shape index (κ1) is 12.7. The molecule has 0 unspecified atom stereocenters. The Kier molecular flexibility index (Phi) is 3.09. The molecule has 0 bridgehead atoms. The summed E-state index contributed by atoms with van der Waals surface area (Å²) in [5.41, 5.74) is 10.4. The van der Waals surface area contributed by atoms with Crippen LogP contribution in [0.3, 0.4) is 0 Å². The lowest BCUT2D eigenvalue weighted by Crippen LogP contribution is -2.36. The summed E-state index contributed by atoms with van der Waals surface area (Å²) in [6.45, 7) is 4.16. The van der Waals surface area contributed by atoms with Crippen LogP contribution in [-0.4, -0.2) is 4.98 Å². The number of aryl methyl sites for hydroxylation is 2. The molecule has 1 aromatic heterocycles. The Morgan fingerprint density at radius 2 is 1.79 bits per heavy atom. The van der Waals surface area contributed by atoms with Crippen LogP contribution in [-0.2, 0) is 5.54 Å². The van der Waals surface area contributed by atoms with Gasteiger partial charge < -0.3 is 10.2 Å². The van der Waals surface area contributed by atoms with Crippen LogP contribution in [0.25, 0.3) is 11.1 Å². The van der Waals surface area contributed by atoms with Gasteiger partial charge in [0.2, 0.25) is 5.89 Å². The van der Waals surface area contributed by atoms with Gasteiger partial charge in [0.25, 0.3) is 0 Å². The summed E-state index contributed by atoms with van der Waals surface area (Å²) in [4.78, 5) is 4.68. The number of hydrogen-bond donors (Lipinski definition) is 1. The molecule has 1 aliphatic rings. The molecule has 1 aromatic carbocycles. The highest BCUT2D eigenvalue weighted by Crippen LogP contribution is 2.35. The quantitative estimate of drug-likeness (QED) is 0.788. The third kappa shape index (κ3) is 2.27. The van der Waals surface area contributed by atoms with Gasteiger partial charge in [-0.3, -0.25) is 0 Å². The third-order valence-corrected chi connectivity index (χ3v) is 4.24. The van der Waals surface area contributed by atoms with Crippen molar-refractivity contribution >= 4 is 11.1 Å². The molecule has 0 radical (unpaired) electrons. The minimum atomic E-state index is -0.365. The van der Waals surface area contributed by atoms with E-state index in [0.29, 0.717) is 0 Å². The van der Waals surface area contributed by atoms with Gasteiger partial charge in [-0.05, 0) is 43.9 Å². The number of fused-ring (bicyclic) bond motifs is 1. The first-order valence-corrected chi connectivity index (χ1v) is 7.26. The summed E-state index contributed by atoms with van der Waals surface area (Å²) in [6, 6.07) is 4.21. The smallest absolute Gasteiger partial charge is 0.215 e. The Balaban J connectivity index is 2.07. The van der Waals surface area contributed by atoms with E-state index in [9.17, 15) is 0 Å². The number of aromatic nitrogens is 1. The minimum Gasteiger partial charge on any atom is -0.438 e. The number of rotatable bonds is 1. The van der Waals surface area contributed by atoms with Crippen LogP contribution < -0.4 is 5.73 Å². The number of oxazole rings is 1. The van der Waals surface area contributed by atoms with Gasteiger partial charge in [-0.15, -0.1) is 0 Å². The fraction of sp³-hybridized carbons (Fsp3) is 0.562. The Bertz CT molecular complexity index is 592. The number of nitrogens with zero attached hydrogens (tertiary/aromatic N) is 1. The summed E-state index contributed by atoms with van der Waals surface area (Å²) in [5.74, 6) is 0.734. The summed E-state index contributed by atoms with van der Waals surface area (Å²) >= 11 is 0. The normalized spacial score (nSPS) is 19.5. The van der Waals surface area contributed by atoms with Crippen molar-refractivity contribution in [2.45, 2.75) is 57.9 Å². The molecule has 0 atom stereocenters. The molecule has 3 rings (SSSR count). The predicted octanol–water partition coefficient (Wildman–Crippen LogP) is 3.95. The van der Waals surface area contributed by atoms with Gasteiger partial charge in [-0.1, -0.05) is 31.7 Å². The lowest BCUT2D eigenvalue weighted by atomic mass is 9.91. The zero-order valence-corrected chi connectivity index (χ0v) is 11.8. The zero-order chi connectivity index (χ0) is 13.5. The number of nitrogens with two attached hydrogens (primary N) is 1. The van der Waals surface area contributed by atoms with Crippen LogP contribution in [0.5, 0.6) is 0 Å². The van der Waals surface area contributed by atoms with Gasteiger partial charge in [0.15, 0.2) is 5.58 Å². The van der Waals surface area contributed by atoms with Gasteiger partial charge in [0, 0.05) is 0 Å². The van der Waals surface area contributed by atoms with E-state index < -0.39 is 0 Å². The van der Waals surface area contributed by atoms with Crippen molar-refractivity contribution in [2.24, 2.45) is 5.73 Å². The fourth-order valence-corrected chi connectivity index (χ4v) is 3.16. The second-order valence-corrected chi connectivity index (χ2v) is 6.02. The van der Waals surface area contributed by atoms with Crippen LogP contribution >= 0.6 is 0 Å². The largest absolute Gasteiger partial charge is 0.438 e. The van der Waals surface area contributed by atoms with E-state index in [1.165, 1.54) is 31.2 Å². The Hall–Kier alpha value is -1.35. The van der Waals surface area contributed by atoms with Gasteiger partial charge in [0.1, 0.15) is 5.52 Å². The van der Waals surface area contributed by atoms with Crippen LogP contribution in [0.2, 0.25) is 0 Å². The number of hydrogen-bond acceptors (Lipinski definition) is 3. The lowest BCUT2D eigenvalue weighted by Gasteiger charge is -2.23. The van der Waals surface area contributed by atoms with E-state index >= 15 is 0 Å². The van der Waals surface area contributed by atoms with Crippen molar-refractivity contribution in [1.82, 2.24) is 4.98 Å². The predicted molar refractivity (Wildman–Crippen MR) is 77.1 cm³/mol. The second-order valence-electron chi connectivity index (χ2n) is 6.02. The third-order valence-electron chi connectivity index (χ3n) is 4.24. The number of benzene rings is 1. The molecule has 2 N–H and O–H groups in total. The maximum atomic E-state index is 6.58. The van der Waals surface area contributed by atoms with Crippen LogP contribution in [0, 0.1) is 13.8 Å². The average Bonchev–Trinajstić information content (AvgIpc) is 2.66. The summed E-state index contributed by atoms with van der Waals surface area (Å²) in [6.07, 6.45) is 6.87. The average molecular weight is 258 g/mol. The van der Waals surface area contributed by atoms with E-state index in [1.807, 2.05) is 0 Å². The van der Waals surface area contributed by atoms with Gasteiger partial charge in [-0.25, -0.2) is 4.98 Å². The standard InChI is InChI=1S/C16H22N2O/c1-11-9-12(2)14-13(10-11)18-15(19-14)16(17)7-5-3-4-6-8-16/h9-10H,3-8,17H2,1-2H3. The maximum Gasteiger partial charge on any atom is 0.215 e. The molecule has 1 saturated carbocycles. The molecule has 1 fully saturated rings. The summed E-state index contributed by atoms with van der Waals surface area (Å²) < 4.78 is 6.02. The molecule has 3 heteroatoms. The van der Waals surface area contributed by atoms with Crippen LogP contribution in [0.1, 0.15) is 55.5 Å². The molecule has 3 nitrogen and oxygen atoms in total. The first-order chi connectivity index (χ1) is 9.08. The topological polar surface area (TPSA) is 52.0 Å². The van der Waals surface area contributed by atoms with Crippen molar-refractivity contribution in [2.75, 3.05) is 0 Å². The highest BCUT2D eigenvalue weighted by atomic mass is 16.4.